The highest BCUT2D eigenvalue weighted by Crippen LogP contribution is 2.16. The molecule has 2 fully saturated rings. The second-order valence-electron chi connectivity index (χ2n) is 4.57. The van der Waals surface area contributed by atoms with Crippen molar-refractivity contribution in [3.63, 3.8) is 0 Å². The van der Waals surface area contributed by atoms with Crippen LogP contribution >= 0.6 is 11.8 Å². The zero-order valence-corrected chi connectivity index (χ0v) is 10.6. The number of carbonyl (C=O) groups is 1. The van der Waals surface area contributed by atoms with Crippen LogP contribution in [0.4, 0.5) is 0 Å². The van der Waals surface area contributed by atoms with E-state index in [2.05, 4.69) is 5.32 Å². The minimum absolute atomic E-state index is 0.0273. The number of nitrogens with zero attached hydrogens (tertiary/aromatic N) is 1. The molecule has 0 aromatic heterocycles. The van der Waals surface area contributed by atoms with Crippen molar-refractivity contribution in [3.05, 3.63) is 0 Å². The number of nitrogens with one attached hydrogen (secondary N) is 1. The Morgan fingerprint density at radius 2 is 2.50 bits per heavy atom. The maximum atomic E-state index is 12.0. The third-order valence-electron chi connectivity index (χ3n) is 3.18. The minimum atomic E-state index is 0.0273. The van der Waals surface area contributed by atoms with Crippen LogP contribution in [0.25, 0.3) is 0 Å². The Bertz CT molecular complexity index is 238. The molecule has 0 spiro atoms. The fourth-order valence-electron chi connectivity index (χ4n) is 2.25. The highest BCUT2D eigenvalue weighted by atomic mass is 32.2. The lowest BCUT2D eigenvalue weighted by Gasteiger charge is -2.28. The largest absolute Gasteiger partial charge is 0.381 e. The highest BCUT2D eigenvalue weighted by Gasteiger charge is 2.27. The maximum Gasteiger partial charge on any atom is 0.240 e. The van der Waals surface area contributed by atoms with E-state index in [-0.39, 0.29) is 11.9 Å². The molecule has 0 bridgehead atoms. The van der Waals surface area contributed by atoms with Crippen molar-refractivity contribution >= 4 is 17.7 Å². The van der Waals surface area contributed by atoms with Crippen molar-refractivity contribution in [2.75, 3.05) is 38.4 Å². The van der Waals surface area contributed by atoms with Gasteiger partial charge in [0.25, 0.3) is 0 Å². The summed E-state index contributed by atoms with van der Waals surface area (Å²) in [5.74, 6) is 2.56. The van der Waals surface area contributed by atoms with Crippen LogP contribution in [0.15, 0.2) is 0 Å². The predicted octanol–water partition coefficient (Wildman–Crippen LogP) is 0.534. The quantitative estimate of drug-likeness (QED) is 0.786. The zero-order valence-electron chi connectivity index (χ0n) is 9.78. The van der Waals surface area contributed by atoms with Crippen molar-refractivity contribution in [2.45, 2.75) is 18.9 Å². The van der Waals surface area contributed by atoms with Crippen LogP contribution in [0, 0.1) is 5.92 Å². The van der Waals surface area contributed by atoms with Crippen LogP contribution in [0.5, 0.6) is 0 Å². The van der Waals surface area contributed by atoms with E-state index >= 15 is 0 Å². The third kappa shape index (κ3) is 3.12. The molecule has 1 N–H and O–H groups in total. The molecule has 2 saturated heterocycles. The van der Waals surface area contributed by atoms with Crippen molar-refractivity contribution in [1.29, 1.82) is 0 Å². The number of ether oxygens (including phenoxy) is 1. The summed E-state index contributed by atoms with van der Waals surface area (Å²) in [4.78, 5) is 13.9. The molecule has 4 nitrogen and oxygen atoms in total. The molecule has 2 aliphatic heterocycles. The van der Waals surface area contributed by atoms with Crippen molar-refractivity contribution in [1.82, 2.24) is 10.2 Å². The average molecular weight is 244 g/mol. The van der Waals surface area contributed by atoms with Gasteiger partial charge >= 0.3 is 0 Å². The Labute approximate surface area is 101 Å². The van der Waals surface area contributed by atoms with Crippen molar-refractivity contribution < 1.29 is 9.53 Å². The Morgan fingerprint density at radius 3 is 3.12 bits per heavy atom. The lowest BCUT2D eigenvalue weighted by Crippen LogP contribution is -2.45. The summed E-state index contributed by atoms with van der Waals surface area (Å²) < 4.78 is 5.43. The molecule has 0 saturated carbocycles. The number of carbonyl (C=O) groups excluding carboxylic acids is 1. The van der Waals surface area contributed by atoms with Crippen LogP contribution in [-0.2, 0) is 9.53 Å². The Balaban J connectivity index is 1.77. The molecule has 0 aromatic rings. The number of hydrogen-bond acceptors (Lipinski definition) is 4. The summed E-state index contributed by atoms with van der Waals surface area (Å²) in [7, 11) is 1.90. The highest BCUT2D eigenvalue weighted by molar-refractivity contribution is 7.99. The van der Waals surface area contributed by atoms with E-state index in [0.717, 1.165) is 37.8 Å². The lowest BCUT2D eigenvalue weighted by atomic mass is 10.0. The SMILES string of the molecule is CN(CC1CCCOC1)C(=O)C1CSCN1. The van der Waals surface area contributed by atoms with Gasteiger partial charge in [0.15, 0.2) is 0 Å². The van der Waals surface area contributed by atoms with Gasteiger partial charge < -0.3 is 9.64 Å². The molecule has 0 radical (unpaired) electrons. The Kier molecular flexibility index (Phi) is 4.49. The molecular formula is C11H20N2O2S. The molecule has 1 amide bonds. The molecular weight excluding hydrogens is 224 g/mol. The van der Waals surface area contributed by atoms with E-state index in [1.807, 2.05) is 11.9 Å². The Morgan fingerprint density at radius 1 is 1.62 bits per heavy atom. The van der Waals surface area contributed by atoms with Crippen LogP contribution in [0.1, 0.15) is 12.8 Å². The van der Waals surface area contributed by atoms with Gasteiger partial charge in [0.05, 0.1) is 12.6 Å². The lowest BCUT2D eigenvalue weighted by molar-refractivity contribution is -0.132. The summed E-state index contributed by atoms with van der Waals surface area (Å²) in [5.41, 5.74) is 0. The van der Waals surface area contributed by atoms with E-state index in [0.29, 0.717) is 5.92 Å². The number of rotatable bonds is 3. The molecule has 2 rings (SSSR count). The normalized spacial score (nSPS) is 30.3. The summed E-state index contributed by atoms with van der Waals surface area (Å²) in [6, 6.07) is 0.0273. The van der Waals surface area contributed by atoms with Crippen LogP contribution in [0.3, 0.4) is 0 Å². The van der Waals surface area contributed by atoms with Gasteiger partial charge in [-0.3, -0.25) is 10.1 Å². The molecule has 2 aliphatic rings. The summed E-state index contributed by atoms with van der Waals surface area (Å²) >= 11 is 1.79. The fourth-order valence-corrected chi connectivity index (χ4v) is 3.18. The van der Waals surface area contributed by atoms with Gasteiger partial charge in [0.1, 0.15) is 0 Å². The van der Waals surface area contributed by atoms with E-state index in [9.17, 15) is 4.79 Å². The molecule has 92 valence electrons. The molecule has 2 atom stereocenters. The van der Waals surface area contributed by atoms with Gasteiger partial charge in [0.2, 0.25) is 5.91 Å². The first-order chi connectivity index (χ1) is 7.77. The summed E-state index contributed by atoms with van der Waals surface area (Å²) in [6.45, 7) is 2.53. The van der Waals surface area contributed by atoms with Crippen molar-refractivity contribution in [2.24, 2.45) is 5.92 Å². The van der Waals surface area contributed by atoms with E-state index in [1.165, 1.54) is 6.42 Å². The Hall–Kier alpha value is -0.260. The fraction of sp³-hybridized carbons (Fsp3) is 0.909. The van der Waals surface area contributed by atoms with E-state index in [4.69, 9.17) is 4.74 Å². The first-order valence-corrected chi connectivity index (χ1v) is 7.06. The first-order valence-electron chi connectivity index (χ1n) is 5.91. The van der Waals surface area contributed by atoms with Crippen LogP contribution < -0.4 is 5.32 Å². The third-order valence-corrected chi connectivity index (χ3v) is 4.12. The first kappa shape index (κ1) is 12.2. The van der Waals surface area contributed by atoms with Crippen LogP contribution in [0.2, 0.25) is 0 Å². The number of thioether (sulfide) groups is 1. The smallest absolute Gasteiger partial charge is 0.240 e. The van der Waals surface area contributed by atoms with Gasteiger partial charge in [-0.2, -0.15) is 0 Å². The van der Waals surface area contributed by atoms with Gasteiger partial charge in [-0.1, -0.05) is 0 Å². The summed E-state index contributed by atoms with van der Waals surface area (Å²) in [5, 5.41) is 3.22. The number of amides is 1. The van der Waals surface area contributed by atoms with Gasteiger partial charge in [-0.15, -0.1) is 11.8 Å². The number of likely N-dealkylation sites (N-methyl/N-ethyl adjacent to an activating group) is 1. The topological polar surface area (TPSA) is 41.6 Å². The molecule has 2 heterocycles. The standard InChI is InChI=1S/C11H20N2O2S/c1-13(5-9-3-2-4-15-6-9)11(14)10-7-16-8-12-10/h9-10,12H,2-8H2,1H3. The second kappa shape index (κ2) is 5.89. The van der Waals surface area contributed by atoms with E-state index < -0.39 is 0 Å². The molecule has 2 unspecified atom stereocenters. The van der Waals surface area contributed by atoms with E-state index in [1.54, 1.807) is 11.8 Å². The summed E-state index contributed by atoms with van der Waals surface area (Å²) in [6.07, 6.45) is 2.31. The monoisotopic (exact) mass is 244 g/mol. The molecule has 16 heavy (non-hydrogen) atoms. The minimum Gasteiger partial charge on any atom is -0.381 e. The number of hydrogen-bond donors (Lipinski definition) is 1. The molecule has 0 aromatic carbocycles. The molecule has 0 aliphatic carbocycles. The second-order valence-corrected chi connectivity index (χ2v) is 5.60. The van der Waals surface area contributed by atoms with Gasteiger partial charge in [0, 0.05) is 31.8 Å². The van der Waals surface area contributed by atoms with Crippen molar-refractivity contribution in [3.8, 4) is 0 Å². The van der Waals surface area contributed by atoms with Gasteiger partial charge in [-0.25, -0.2) is 0 Å². The molecule has 5 heteroatoms. The average Bonchev–Trinajstić information content (AvgIpc) is 2.83. The van der Waals surface area contributed by atoms with Crippen LogP contribution in [-0.4, -0.2) is 55.3 Å². The zero-order chi connectivity index (χ0) is 11.4. The predicted molar refractivity (Wildman–Crippen MR) is 65.4 cm³/mol. The van der Waals surface area contributed by atoms with Gasteiger partial charge in [-0.05, 0) is 18.8 Å². The maximum absolute atomic E-state index is 12.0.